The molecular weight excluding hydrogens is 324 g/mol. The quantitative estimate of drug-likeness (QED) is 0.735. The van der Waals surface area contributed by atoms with Gasteiger partial charge in [0.15, 0.2) is 0 Å². The highest BCUT2D eigenvalue weighted by Gasteiger charge is 2.67. The minimum atomic E-state index is -0.479. The van der Waals surface area contributed by atoms with Crippen LogP contribution in [0.3, 0.4) is 0 Å². The second-order valence-electron chi connectivity index (χ2n) is 9.97. The maximum Gasteiger partial charge on any atom is 0.142 e. The largest absolute Gasteiger partial charge is 0.393 e. The zero-order chi connectivity index (χ0) is 19.3. The predicted octanol–water partition coefficient (Wildman–Crippen LogP) is 4.78. The molecule has 0 aromatic carbocycles. The van der Waals surface area contributed by atoms with Gasteiger partial charge in [0.05, 0.1) is 12.2 Å². The first-order valence-electron chi connectivity index (χ1n) is 10.5. The summed E-state index contributed by atoms with van der Waals surface area (Å²) in [7, 11) is 1.81. The van der Waals surface area contributed by atoms with Crippen molar-refractivity contribution in [1.82, 2.24) is 0 Å². The van der Waals surface area contributed by atoms with E-state index >= 15 is 0 Å². The zero-order valence-corrected chi connectivity index (χ0v) is 17.5. The van der Waals surface area contributed by atoms with E-state index in [1.165, 1.54) is 0 Å². The number of aliphatic hydroxyl groups is 1. The summed E-state index contributed by atoms with van der Waals surface area (Å²) in [5.41, 5.74) is -0.689. The first kappa shape index (κ1) is 20.1. The van der Waals surface area contributed by atoms with Crippen LogP contribution >= 0.6 is 0 Å². The van der Waals surface area contributed by atoms with Gasteiger partial charge in [-0.2, -0.15) is 0 Å². The molecule has 0 heterocycles. The number of ketones is 1. The SMILES string of the molecule is C/C=C/C[C@]1(C)C[C@@H](O)[C@@]2(C)C3C(OC)CCC3(CC[C@H]2C)[C@@H](C)C1=O. The van der Waals surface area contributed by atoms with E-state index in [1.807, 2.05) is 13.0 Å². The number of hydrogen-bond acceptors (Lipinski definition) is 3. The molecule has 0 radical (unpaired) electrons. The summed E-state index contributed by atoms with van der Waals surface area (Å²) in [5, 5.41) is 11.5. The molecule has 3 fully saturated rings. The minimum Gasteiger partial charge on any atom is -0.393 e. The lowest BCUT2D eigenvalue weighted by atomic mass is 9.44. The molecule has 8 atom stereocenters. The molecule has 0 aromatic heterocycles. The molecule has 2 bridgehead atoms. The fourth-order valence-corrected chi connectivity index (χ4v) is 7.09. The number of rotatable bonds is 3. The van der Waals surface area contributed by atoms with Gasteiger partial charge >= 0.3 is 0 Å². The summed E-state index contributed by atoms with van der Waals surface area (Å²) in [4.78, 5) is 13.7. The van der Waals surface area contributed by atoms with Crippen molar-refractivity contribution in [2.24, 2.45) is 34.0 Å². The fourth-order valence-electron chi connectivity index (χ4n) is 7.09. The molecule has 3 aliphatic rings. The van der Waals surface area contributed by atoms with Crippen LogP contribution in [0, 0.1) is 34.0 Å². The molecular formula is C23H38O3. The van der Waals surface area contributed by atoms with Crippen molar-refractivity contribution in [3.63, 3.8) is 0 Å². The van der Waals surface area contributed by atoms with Gasteiger partial charge < -0.3 is 9.84 Å². The molecule has 3 unspecified atom stereocenters. The third kappa shape index (κ3) is 2.57. The molecule has 0 aromatic rings. The normalized spacial score (nSPS) is 52.0. The third-order valence-corrected chi connectivity index (χ3v) is 8.98. The van der Waals surface area contributed by atoms with E-state index in [-0.39, 0.29) is 28.8 Å². The second kappa shape index (κ2) is 6.74. The molecule has 0 aliphatic heterocycles. The summed E-state index contributed by atoms with van der Waals surface area (Å²) >= 11 is 0. The van der Waals surface area contributed by atoms with Gasteiger partial charge in [-0.25, -0.2) is 0 Å². The Kier molecular flexibility index (Phi) is 5.20. The summed E-state index contributed by atoms with van der Waals surface area (Å²) in [5.74, 6) is 1.09. The third-order valence-electron chi connectivity index (χ3n) is 8.98. The molecule has 0 amide bonds. The molecule has 3 aliphatic carbocycles. The molecule has 148 valence electrons. The molecule has 3 nitrogen and oxygen atoms in total. The van der Waals surface area contributed by atoms with Crippen LogP contribution in [0.4, 0.5) is 0 Å². The van der Waals surface area contributed by atoms with Gasteiger partial charge in [0.2, 0.25) is 0 Å². The van der Waals surface area contributed by atoms with Crippen LogP contribution in [0.1, 0.15) is 73.1 Å². The number of Topliss-reactive ketones (excluding diaryl/α,β-unsaturated/α-hetero) is 1. The summed E-state index contributed by atoms with van der Waals surface area (Å²) < 4.78 is 5.94. The average Bonchev–Trinajstić information content (AvgIpc) is 3.02. The van der Waals surface area contributed by atoms with Crippen LogP contribution in [-0.2, 0) is 9.53 Å². The van der Waals surface area contributed by atoms with E-state index in [2.05, 4.69) is 33.8 Å². The van der Waals surface area contributed by atoms with Crippen LogP contribution in [0.2, 0.25) is 0 Å². The highest BCUT2D eigenvalue weighted by Crippen LogP contribution is 2.68. The van der Waals surface area contributed by atoms with Crippen LogP contribution in [0.15, 0.2) is 12.2 Å². The fraction of sp³-hybridized carbons (Fsp3) is 0.870. The van der Waals surface area contributed by atoms with Gasteiger partial charge in [-0.05, 0) is 62.7 Å². The van der Waals surface area contributed by atoms with Gasteiger partial charge in [-0.15, -0.1) is 0 Å². The molecule has 0 saturated heterocycles. The Labute approximate surface area is 159 Å². The van der Waals surface area contributed by atoms with Gasteiger partial charge in [-0.1, -0.05) is 39.8 Å². The Balaban J connectivity index is 2.15. The first-order chi connectivity index (χ1) is 12.2. The van der Waals surface area contributed by atoms with Gasteiger partial charge in [-0.3, -0.25) is 4.79 Å². The summed E-state index contributed by atoms with van der Waals surface area (Å²) in [6, 6.07) is 0. The standard InChI is InChI=1S/C23H38O3/c1-7-8-11-21(4)14-18(24)22(5)15(2)9-12-23(16(3)20(21)25)13-10-17(26-6)19(22)23/h7-8,15-19,24H,9-14H2,1-6H3/b8-7+/t15-,16+,17?,18-,19?,21-,22+,23?/m1/s1. The monoisotopic (exact) mass is 362 g/mol. The van der Waals surface area contributed by atoms with Gasteiger partial charge in [0.25, 0.3) is 0 Å². The molecule has 26 heavy (non-hydrogen) atoms. The molecule has 3 rings (SSSR count). The predicted molar refractivity (Wildman–Crippen MR) is 105 cm³/mol. The van der Waals surface area contributed by atoms with E-state index in [0.29, 0.717) is 18.1 Å². The molecule has 3 saturated carbocycles. The topological polar surface area (TPSA) is 46.5 Å². The smallest absolute Gasteiger partial charge is 0.142 e. The van der Waals surface area contributed by atoms with Crippen molar-refractivity contribution in [3.05, 3.63) is 12.2 Å². The Bertz CT molecular complexity index is 584. The molecule has 1 N–H and O–H groups in total. The van der Waals surface area contributed by atoms with Crippen LogP contribution in [0.25, 0.3) is 0 Å². The number of aliphatic hydroxyl groups excluding tert-OH is 1. The summed E-state index contributed by atoms with van der Waals surface area (Å²) in [6.07, 6.45) is 9.36. The lowest BCUT2D eigenvalue weighted by molar-refractivity contribution is -0.191. The lowest BCUT2D eigenvalue weighted by Crippen LogP contribution is -2.62. The van der Waals surface area contributed by atoms with Crippen molar-refractivity contribution in [2.45, 2.75) is 85.4 Å². The Morgan fingerprint density at radius 1 is 1.23 bits per heavy atom. The van der Waals surface area contributed by atoms with Crippen LogP contribution in [0.5, 0.6) is 0 Å². The number of hydrogen-bond donors (Lipinski definition) is 1. The Morgan fingerprint density at radius 3 is 2.50 bits per heavy atom. The highest BCUT2D eigenvalue weighted by molar-refractivity contribution is 5.87. The van der Waals surface area contributed by atoms with Crippen molar-refractivity contribution in [1.29, 1.82) is 0 Å². The van der Waals surface area contributed by atoms with E-state index in [1.54, 1.807) is 7.11 Å². The van der Waals surface area contributed by atoms with Gasteiger partial charge in [0, 0.05) is 23.9 Å². The second-order valence-corrected chi connectivity index (χ2v) is 9.97. The Morgan fingerprint density at radius 2 is 1.88 bits per heavy atom. The average molecular weight is 363 g/mol. The number of ether oxygens (including phenoxy) is 1. The van der Waals surface area contributed by atoms with Crippen molar-refractivity contribution in [2.75, 3.05) is 7.11 Å². The van der Waals surface area contributed by atoms with Gasteiger partial charge in [0.1, 0.15) is 5.78 Å². The maximum atomic E-state index is 13.7. The lowest BCUT2D eigenvalue weighted by Gasteiger charge is -2.61. The first-order valence-corrected chi connectivity index (χ1v) is 10.5. The number of carbonyl (C=O) groups is 1. The maximum absolute atomic E-state index is 13.7. The number of carbonyl (C=O) groups excluding carboxylic acids is 1. The van der Waals surface area contributed by atoms with E-state index in [0.717, 1.165) is 32.1 Å². The van der Waals surface area contributed by atoms with Crippen molar-refractivity contribution in [3.8, 4) is 0 Å². The van der Waals surface area contributed by atoms with E-state index < -0.39 is 11.5 Å². The van der Waals surface area contributed by atoms with Crippen LogP contribution < -0.4 is 0 Å². The Hall–Kier alpha value is -0.670. The summed E-state index contributed by atoms with van der Waals surface area (Å²) in [6.45, 7) is 10.9. The molecule has 3 heteroatoms. The van der Waals surface area contributed by atoms with Crippen molar-refractivity contribution < 1.29 is 14.6 Å². The number of methoxy groups -OCH3 is 1. The van der Waals surface area contributed by atoms with Crippen molar-refractivity contribution >= 4 is 5.78 Å². The van der Waals surface area contributed by atoms with E-state index in [9.17, 15) is 9.90 Å². The highest BCUT2D eigenvalue weighted by atomic mass is 16.5. The minimum absolute atomic E-state index is 0.0163. The van der Waals surface area contributed by atoms with Crippen LogP contribution in [-0.4, -0.2) is 30.2 Å². The number of allylic oxidation sites excluding steroid dienone is 2. The van der Waals surface area contributed by atoms with E-state index in [4.69, 9.17) is 4.74 Å². The molecule has 0 spiro atoms. The zero-order valence-electron chi connectivity index (χ0n) is 17.5.